The number of carbonyl (C=O) groups is 3. The molecular formula is C20H23ClN4O5. The van der Waals surface area contributed by atoms with E-state index in [1.54, 1.807) is 24.0 Å². The van der Waals surface area contributed by atoms with Crippen LogP contribution in [-0.4, -0.2) is 78.1 Å². The Hall–Kier alpha value is -3.07. The van der Waals surface area contributed by atoms with Gasteiger partial charge in [0.2, 0.25) is 5.91 Å². The fraction of sp³-hybridized carbons (Fsp3) is 0.400. The maximum Gasteiger partial charge on any atom is 0.411 e. The van der Waals surface area contributed by atoms with Crippen molar-refractivity contribution in [3.8, 4) is 5.75 Å². The third-order valence-electron chi connectivity index (χ3n) is 4.68. The van der Waals surface area contributed by atoms with Gasteiger partial charge in [-0.25, -0.2) is 9.78 Å². The van der Waals surface area contributed by atoms with E-state index in [1.165, 1.54) is 12.0 Å². The molecule has 0 bridgehead atoms. The van der Waals surface area contributed by atoms with Crippen molar-refractivity contribution >= 4 is 40.4 Å². The number of ether oxygens (including phenoxy) is 2. The van der Waals surface area contributed by atoms with Crippen molar-refractivity contribution in [2.24, 2.45) is 0 Å². The second-order valence-corrected chi connectivity index (χ2v) is 7.32. The van der Waals surface area contributed by atoms with Gasteiger partial charge in [0, 0.05) is 37.6 Å². The monoisotopic (exact) mass is 434 g/mol. The molecule has 1 aromatic carbocycles. The molecule has 3 rings (SSSR count). The molecule has 1 aliphatic rings. The summed E-state index contributed by atoms with van der Waals surface area (Å²) in [4.78, 5) is 44.2. The van der Waals surface area contributed by atoms with E-state index in [9.17, 15) is 14.4 Å². The van der Waals surface area contributed by atoms with Crippen LogP contribution >= 0.6 is 11.6 Å². The van der Waals surface area contributed by atoms with Crippen LogP contribution in [0.3, 0.4) is 0 Å². The Morgan fingerprint density at radius 2 is 1.83 bits per heavy atom. The van der Waals surface area contributed by atoms with Gasteiger partial charge in [0.15, 0.2) is 5.56 Å². The SMILES string of the molecule is COc1cc(C(=O)NCC(=O)N2CCN(C(=O)OC(C)Cl)CC2)nc2ccccc12. The third kappa shape index (κ3) is 5.10. The first-order valence-corrected chi connectivity index (χ1v) is 9.92. The highest BCUT2D eigenvalue weighted by Gasteiger charge is 2.26. The Bertz CT molecular complexity index is 944. The van der Waals surface area contributed by atoms with Crippen molar-refractivity contribution in [3.05, 3.63) is 36.0 Å². The lowest BCUT2D eigenvalue weighted by molar-refractivity contribution is -0.131. The predicted molar refractivity (Wildman–Crippen MR) is 111 cm³/mol. The smallest absolute Gasteiger partial charge is 0.411 e. The van der Waals surface area contributed by atoms with Gasteiger partial charge >= 0.3 is 6.09 Å². The number of methoxy groups -OCH3 is 1. The molecule has 3 amide bonds. The van der Waals surface area contributed by atoms with E-state index in [4.69, 9.17) is 21.1 Å². The average Bonchev–Trinajstić information content (AvgIpc) is 2.76. The predicted octanol–water partition coefficient (Wildman–Crippen LogP) is 1.84. The molecule has 1 aliphatic heterocycles. The van der Waals surface area contributed by atoms with Crippen molar-refractivity contribution < 1.29 is 23.9 Å². The topological polar surface area (TPSA) is 101 Å². The number of fused-ring (bicyclic) bond motifs is 1. The number of amides is 3. The summed E-state index contributed by atoms with van der Waals surface area (Å²) in [6, 6.07) is 8.87. The fourth-order valence-electron chi connectivity index (χ4n) is 3.14. The molecule has 1 saturated heterocycles. The standard InChI is InChI=1S/C20H23ClN4O5/c1-13(21)30-20(28)25-9-7-24(8-10-25)18(26)12-22-19(27)16-11-17(29-2)14-5-3-4-6-15(14)23-16/h3-6,11,13H,7-10,12H2,1-2H3,(H,22,27). The molecule has 0 aliphatic carbocycles. The average molecular weight is 435 g/mol. The molecule has 2 heterocycles. The van der Waals surface area contributed by atoms with Crippen molar-refractivity contribution in [2.75, 3.05) is 39.8 Å². The number of hydrogen-bond acceptors (Lipinski definition) is 6. The molecule has 1 atom stereocenters. The maximum atomic E-state index is 12.5. The molecule has 10 heteroatoms. The van der Waals surface area contributed by atoms with Crippen molar-refractivity contribution in [3.63, 3.8) is 0 Å². The number of aromatic nitrogens is 1. The molecule has 160 valence electrons. The second-order valence-electron chi connectivity index (χ2n) is 6.70. The number of halogens is 1. The summed E-state index contributed by atoms with van der Waals surface area (Å²) in [6.07, 6.45) is -0.505. The third-order valence-corrected chi connectivity index (χ3v) is 4.77. The van der Waals surface area contributed by atoms with Gasteiger partial charge in [0.25, 0.3) is 5.91 Å². The van der Waals surface area contributed by atoms with Crippen LogP contribution in [0.1, 0.15) is 17.4 Å². The quantitative estimate of drug-likeness (QED) is 0.720. The van der Waals surface area contributed by atoms with Crippen LogP contribution in [0.4, 0.5) is 4.79 Å². The van der Waals surface area contributed by atoms with Crippen LogP contribution in [0.15, 0.2) is 30.3 Å². The summed E-state index contributed by atoms with van der Waals surface area (Å²) in [5.74, 6) is -0.174. The number of pyridine rings is 1. The van der Waals surface area contributed by atoms with Crippen LogP contribution in [0, 0.1) is 0 Å². The number of piperazine rings is 1. The minimum Gasteiger partial charge on any atom is -0.496 e. The highest BCUT2D eigenvalue weighted by molar-refractivity contribution is 6.19. The Kier molecular flexibility index (Phi) is 6.94. The van der Waals surface area contributed by atoms with Crippen LogP contribution in [0.5, 0.6) is 5.75 Å². The number of nitrogens with one attached hydrogen (secondary N) is 1. The summed E-state index contributed by atoms with van der Waals surface area (Å²) in [7, 11) is 1.52. The molecular weight excluding hydrogens is 412 g/mol. The molecule has 1 fully saturated rings. The Morgan fingerprint density at radius 1 is 1.17 bits per heavy atom. The molecule has 0 saturated carbocycles. The maximum absolute atomic E-state index is 12.5. The van der Waals surface area contributed by atoms with Crippen LogP contribution in [0.2, 0.25) is 0 Å². The van der Waals surface area contributed by atoms with Gasteiger partial charge in [-0.15, -0.1) is 0 Å². The number of nitrogens with zero attached hydrogens (tertiary/aromatic N) is 3. The van der Waals surface area contributed by atoms with E-state index in [1.807, 2.05) is 18.2 Å². The van der Waals surface area contributed by atoms with Crippen molar-refractivity contribution in [2.45, 2.75) is 12.5 Å². The van der Waals surface area contributed by atoms with Crippen LogP contribution < -0.4 is 10.1 Å². The van der Waals surface area contributed by atoms with E-state index in [2.05, 4.69) is 10.3 Å². The molecule has 0 radical (unpaired) electrons. The molecule has 1 aromatic heterocycles. The molecule has 9 nitrogen and oxygen atoms in total. The Labute approximate surface area is 178 Å². The lowest BCUT2D eigenvalue weighted by Crippen LogP contribution is -2.52. The number of para-hydroxylation sites is 1. The number of carbonyl (C=O) groups excluding carboxylic acids is 3. The van der Waals surface area contributed by atoms with Gasteiger partial charge in [-0.3, -0.25) is 9.59 Å². The minimum absolute atomic E-state index is 0.168. The van der Waals surface area contributed by atoms with Gasteiger partial charge in [0.05, 0.1) is 19.2 Å². The molecule has 2 aromatic rings. The molecule has 1 unspecified atom stereocenters. The number of alkyl halides is 1. The van der Waals surface area contributed by atoms with Gasteiger partial charge in [-0.05, 0) is 19.1 Å². The minimum atomic E-state index is -0.713. The Morgan fingerprint density at radius 3 is 2.50 bits per heavy atom. The number of hydrogen-bond donors (Lipinski definition) is 1. The largest absolute Gasteiger partial charge is 0.496 e. The highest BCUT2D eigenvalue weighted by atomic mass is 35.5. The van der Waals surface area contributed by atoms with Gasteiger partial charge in [0.1, 0.15) is 11.4 Å². The first kappa shape index (κ1) is 21.6. The number of benzene rings is 1. The van der Waals surface area contributed by atoms with Gasteiger partial charge in [-0.2, -0.15) is 0 Å². The zero-order valence-corrected chi connectivity index (χ0v) is 17.5. The van der Waals surface area contributed by atoms with Crippen LogP contribution in [-0.2, 0) is 9.53 Å². The summed E-state index contributed by atoms with van der Waals surface area (Å²) in [6.45, 7) is 2.77. The Balaban J connectivity index is 1.55. The lowest BCUT2D eigenvalue weighted by atomic mass is 10.1. The van der Waals surface area contributed by atoms with E-state index in [0.717, 1.165) is 5.39 Å². The van der Waals surface area contributed by atoms with Gasteiger partial charge in [-0.1, -0.05) is 23.7 Å². The van der Waals surface area contributed by atoms with E-state index < -0.39 is 17.6 Å². The van der Waals surface area contributed by atoms with E-state index >= 15 is 0 Å². The van der Waals surface area contributed by atoms with E-state index in [-0.39, 0.29) is 18.1 Å². The second kappa shape index (κ2) is 9.62. The first-order valence-electron chi connectivity index (χ1n) is 9.48. The fourth-order valence-corrected chi connectivity index (χ4v) is 3.22. The lowest BCUT2D eigenvalue weighted by Gasteiger charge is -2.34. The zero-order valence-electron chi connectivity index (χ0n) is 16.8. The highest BCUT2D eigenvalue weighted by Crippen LogP contribution is 2.24. The summed E-state index contributed by atoms with van der Waals surface area (Å²) in [5.41, 5.74) is 0.0819. The zero-order chi connectivity index (χ0) is 21.7. The normalized spacial score (nSPS) is 14.9. The molecule has 1 N–H and O–H groups in total. The molecule has 0 spiro atoms. The van der Waals surface area contributed by atoms with Crippen LogP contribution in [0.25, 0.3) is 10.9 Å². The molecule has 30 heavy (non-hydrogen) atoms. The van der Waals surface area contributed by atoms with Crippen molar-refractivity contribution in [1.82, 2.24) is 20.1 Å². The first-order chi connectivity index (χ1) is 14.4. The number of rotatable bonds is 5. The summed E-state index contributed by atoms with van der Waals surface area (Å²) < 4.78 is 10.3. The van der Waals surface area contributed by atoms with E-state index in [0.29, 0.717) is 37.4 Å². The summed E-state index contributed by atoms with van der Waals surface area (Å²) in [5, 5.41) is 3.40. The van der Waals surface area contributed by atoms with Gasteiger partial charge < -0.3 is 24.6 Å². The van der Waals surface area contributed by atoms with Crippen molar-refractivity contribution in [1.29, 1.82) is 0 Å². The summed E-state index contributed by atoms with van der Waals surface area (Å²) >= 11 is 5.66.